The van der Waals surface area contributed by atoms with Crippen molar-refractivity contribution >= 4 is 5.91 Å². The van der Waals surface area contributed by atoms with Crippen LogP contribution in [0.25, 0.3) is 0 Å². The van der Waals surface area contributed by atoms with Crippen LogP contribution in [-0.4, -0.2) is 26.4 Å². The standard InChI is InChI=1S/C12H15NO4/c1-15-5-4-12(14)13-7-9-2-3-10-11(6-9)17-8-16-10/h2-3,6H,4-5,7-8H2,1H3,(H,13,14). The van der Waals surface area contributed by atoms with E-state index >= 15 is 0 Å². The van der Waals surface area contributed by atoms with Crippen LogP contribution in [-0.2, 0) is 16.1 Å². The lowest BCUT2D eigenvalue weighted by Gasteiger charge is -2.05. The Kier molecular flexibility index (Phi) is 3.82. The molecule has 1 aromatic rings. The molecule has 0 saturated heterocycles. The first kappa shape index (κ1) is 11.7. The minimum atomic E-state index is -0.0236. The number of rotatable bonds is 5. The molecule has 1 aromatic carbocycles. The number of methoxy groups -OCH3 is 1. The van der Waals surface area contributed by atoms with Crippen molar-refractivity contribution < 1.29 is 19.0 Å². The van der Waals surface area contributed by atoms with Crippen molar-refractivity contribution in [2.24, 2.45) is 0 Å². The Morgan fingerprint density at radius 2 is 2.24 bits per heavy atom. The van der Waals surface area contributed by atoms with Gasteiger partial charge in [0, 0.05) is 20.1 Å². The molecule has 1 aliphatic heterocycles. The van der Waals surface area contributed by atoms with E-state index in [9.17, 15) is 4.79 Å². The van der Waals surface area contributed by atoms with Gasteiger partial charge in [0.25, 0.3) is 0 Å². The molecule has 5 nitrogen and oxygen atoms in total. The fourth-order valence-corrected chi connectivity index (χ4v) is 1.53. The van der Waals surface area contributed by atoms with Gasteiger partial charge in [0.2, 0.25) is 12.7 Å². The quantitative estimate of drug-likeness (QED) is 0.832. The molecule has 0 saturated carbocycles. The Hall–Kier alpha value is -1.75. The third kappa shape index (κ3) is 3.10. The Labute approximate surface area is 99.7 Å². The van der Waals surface area contributed by atoms with Gasteiger partial charge in [0.1, 0.15) is 0 Å². The summed E-state index contributed by atoms with van der Waals surface area (Å²) in [6, 6.07) is 5.63. The van der Waals surface area contributed by atoms with E-state index in [1.54, 1.807) is 7.11 Å². The van der Waals surface area contributed by atoms with Crippen molar-refractivity contribution in [1.29, 1.82) is 0 Å². The van der Waals surface area contributed by atoms with Crippen molar-refractivity contribution in [2.45, 2.75) is 13.0 Å². The van der Waals surface area contributed by atoms with Gasteiger partial charge in [-0.1, -0.05) is 6.07 Å². The number of benzene rings is 1. The van der Waals surface area contributed by atoms with Crippen molar-refractivity contribution in [1.82, 2.24) is 5.32 Å². The van der Waals surface area contributed by atoms with Crippen LogP contribution in [0.3, 0.4) is 0 Å². The maximum Gasteiger partial charge on any atom is 0.231 e. The van der Waals surface area contributed by atoms with Gasteiger partial charge < -0.3 is 19.5 Å². The van der Waals surface area contributed by atoms with E-state index in [1.807, 2.05) is 18.2 Å². The van der Waals surface area contributed by atoms with E-state index in [1.165, 1.54) is 0 Å². The first-order valence-corrected chi connectivity index (χ1v) is 5.44. The van der Waals surface area contributed by atoms with Crippen molar-refractivity contribution in [3.63, 3.8) is 0 Å². The van der Waals surface area contributed by atoms with Crippen LogP contribution in [0.15, 0.2) is 18.2 Å². The van der Waals surface area contributed by atoms with Crippen LogP contribution < -0.4 is 14.8 Å². The molecule has 0 spiro atoms. The van der Waals surface area contributed by atoms with Gasteiger partial charge in [0.05, 0.1) is 6.61 Å². The van der Waals surface area contributed by atoms with Crippen molar-refractivity contribution in [3.05, 3.63) is 23.8 Å². The van der Waals surface area contributed by atoms with Crippen molar-refractivity contribution in [3.8, 4) is 11.5 Å². The predicted octanol–water partition coefficient (Wildman–Crippen LogP) is 1.07. The summed E-state index contributed by atoms with van der Waals surface area (Å²) < 4.78 is 15.3. The van der Waals surface area contributed by atoms with E-state index in [0.717, 1.165) is 17.1 Å². The maximum absolute atomic E-state index is 11.4. The van der Waals surface area contributed by atoms with E-state index in [4.69, 9.17) is 14.2 Å². The summed E-state index contributed by atoms with van der Waals surface area (Å²) in [5, 5.41) is 2.81. The third-order valence-corrected chi connectivity index (χ3v) is 2.46. The zero-order valence-corrected chi connectivity index (χ0v) is 9.69. The SMILES string of the molecule is COCCC(=O)NCc1ccc2c(c1)OCO2. The van der Waals surface area contributed by atoms with Crippen LogP contribution >= 0.6 is 0 Å². The van der Waals surface area contributed by atoms with Gasteiger partial charge in [-0.25, -0.2) is 0 Å². The molecule has 5 heteroatoms. The highest BCUT2D eigenvalue weighted by Gasteiger charge is 2.13. The molecule has 2 rings (SSSR count). The minimum absolute atomic E-state index is 0.0236. The summed E-state index contributed by atoms with van der Waals surface area (Å²) in [5.41, 5.74) is 0.986. The fraction of sp³-hybridized carbons (Fsp3) is 0.417. The summed E-state index contributed by atoms with van der Waals surface area (Å²) in [6.07, 6.45) is 0.376. The average molecular weight is 237 g/mol. The van der Waals surface area contributed by atoms with E-state index in [-0.39, 0.29) is 12.7 Å². The topological polar surface area (TPSA) is 56.8 Å². The molecule has 0 bridgehead atoms. The largest absolute Gasteiger partial charge is 0.454 e. The van der Waals surface area contributed by atoms with Gasteiger partial charge in [-0.15, -0.1) is 0 Å². The van der Waals surface area contributed by atoms with Crippen molar-refractivity contribution in [2.75, 3.05) is 20.5 Å². The van der Waals surface area contributed by atoms with Gasteiger partial charge in [-0.2, -0.15) is 0 Å². The lowest BCUT2D eigenvalue weighted by molar-refractivity contribution is -0.122. The Morgan fingerprint density at radius 3 is 3.06 bits per heavy atom. The Bertz CT molecular complexity index is 405. The number of hydrogen-bond acceptors (Lipinski definition) is 4. The fourth-order valence-electron chi connectivity index (χ4n) is 1.53. The molecule has 17 heavy (non-hydrogen) atoms. The summed E-state index contributed by atoms with van der Waals surface area (Å²) in [6.45, 7) is 1.19. The molecule has 1 heterocycles. The summed E-state index contributed by atoms with van der Waals surface area (Å²) in [7, 11) is 1.57. The number of ether oxygens (including phenoxy) is 3. The van der Waals surface area contributed by atoms with Crippen LogP contribution in [0, 0.1) is 0 Å². The second-order valence-corrected chi connectivity index (χ2v) is 3.71. The summed E-state index contributed by atoms with van der Waals surface area (Å²) in [5.74, 6) is 1.46. The molecule has 0 atom stereocenters. The lowest BCUT2D eigenvalue weighted by atomic mass is 10.2. The number of fused-ring (bicyclic) bond motifs is 1. The minimum Gasteiger partial charge on any atom is -0.454 e. The first-order valence-electron chi connectivity index (χ1n) is 5.44. The Balaban J connectivity index is 1.85. The normalized spacial score (nSPS) is 12.5. The zero-order valence-electron chi connectivity index (χ0n) is 9.69. The number of carbonyl (C=O) groups excluding carboxylic acids is 1. The first-order chi connectivity index (χ1) is 8.29. The molecular weight excluding hydrogens is 222 g/mol. The molecule has 0 aromatic heterocycles. The highest BCUT2D eigenvalue weighted by molar-refractivity contribution is 5.75. The number of carbonyl (C=O) groups is 1. The van der Waals surface area contributed by atoms with Crippen LogP contribution in [0.1, 0.15) is 12.0 Å². The van der Waals surface area contributed by atoms with Crippen LogP contribution in [0.5, 0.6) is 11.5 Å². The third-order valence-electron chi connectivity index (χ3n) is 2.46. The smallest absolute Gasteiger partial charge is 0.231 e. The molecule has 0 aliphatic carbocycles. The molecular formula is C12H15NO4. The lowest BCUT2D eigenvalue weighted by Crippen LogP contribution is -2.23. The van der Waals surface area contributed by atoms with Gasteiger partial charge in [0.15, 0.2) is 11.5 Å². The highest BCUT2D eigenvalue weighted by atomic mass is 16.7. The number of amides is 1. The van der Waals surface area contributed by atoms with E-state index in [0.29, 0.717) is 19.6 Å². The maximum atomic E-state index is 11.4. The molecule has 92 valence electrons. The molecule has 1 aliphatic rings. The van der Waals surface area contributed by atoms with Crippen LogP contribution in [0.2, 0.25) is 0 Å². The summed E-state index contributed by atoms with van der Waals surface area (Å²) >= 11 is 0. The predicted molar refractivity (Wildman–Crippen MR) is 60.9 cm³/mol. The molecule has 1 amide bonds. The second-order valence-electron chi connectivity index (χ2n) is 3.71. The number of hydrogen-bond donors (Lipinski definition) is 1. The Morgan fingerprint density at radius 1 is 1.41 bits per heavy atom. The number of nitrogens with one attached hydrogen (secondary N) is 1. The highest BCUT2D eigenvalue weighted by Crippen LogP contribution is 2.32. The summed E-state index contributed by atoms with van der Waals surface area (Å²) in [4.78, 5) is 11.4. The van der Waals surface area contributed by atoms with Gasteiger partial charge in [-0.3, -0.25) is 4.79 Å². The van der Waals surface area contributed by atoms with E-state index in [2.05, 4.69) is 5.32 Å². The molecule has 0 unspecified atom stereocenters. The average Bonchev–Trinajstić information content (AvgIpc) is 2.81. The molecule has 1 N–H and O–H groups in total. The zero-order chi connectivity index (χ0) is 12.1. The molecule has 0 fully saturated rings. The van der Waals surface area contributed by atoms with Gasteiger partial charge in [-0.05, 0) is 17.7 Å². The monoisotopic (exact) mass is 237 g/mol. The second kappa shape index (κ2) is 5.54. The van der Waals surface area contributed by atoms with Gasteiger partial charge >= 0.3 is 0 Å². The van der Waals surface area contributed by atoms with E-state index < -0.39 is 0 Å². The molecule has 0 radical (unpaired) electrons. The van der Waals surface area contributed by atoms with Crippen LogP contribution in [0.4, 0.5) is 0 Å².